The van der Waals surface area contributed by atoms with Crippen molar-refractivity contribution in [2.75, 3.05) is 23.3 Å². The van der Waals surface area contributed by atoms with Gasteiger partial charge in [-0.15, -0.1) is 11.8 Å². The second kappa shape index (κ2) is 15.8. The number of allylic oxidation sites excluding steroid dienone is 1. The van der Waals surface area contributed by atoms with Gasteiger partial charge in [0.2, 0.25) is 24.0 Å². The number of halogens is 1. The predicted molar refractivity (Wildman–Crippen MR) is 193 cm³/mol. The first-order valence-electron chi connectivity index (χ1n) is 17.2. The second-order valence-corrected chi connectivity index (χ2v) is 15.1. The van der Waals surface area contributed by atoms with Crippen LogP contribution in [0, 0.1) is 5.82 Å². The van der Waals surface area contributed by atoms with Gasteiger partial charge in [0, 0.05) is 59.8 Å². The number of hydrogen-bond acceptors (Lipinski definition) is 14. The van der Waals surface area contributed by atoms with Crippen LogP contribution in [0.5, 0.6) is 5.75 Å². The summed E-state index contributed by atoms with van der Waals surface area (Å²) >= 11 is 2.10. The summed E-state index contributed by atoms with van der Waals surface area (Å²) in [7, 11) is 0. The van der Waals surface area contributed by atoms with E-state index in [2.05, 4.69) is 25.1 Å². The van der Waals surface area contributed by atoms with E-state index in [4.69, 9.17) is 10.6 Å². The van der Waals surface area contributed by atoms with E-state index < -0.39 is 46.7 Å². The first kappa shape index (κ1) is 37.4. The van der Waals surface area contributed by atoms with Gasteiger partial charge in [-0.05, 0) is 61.4 Å². The molecule has 4 amide bonds. The Morgan fingerprint density at radius 2 is 1.95 bits per heavy atom. The number of phenolic OH excluding ortho intramolecular Hbond substituents is 1. The zero-order valence-corrected chi connectivity index (χ0v) is 30.6. The molecule has 2 atom stereocenters. The lowest BCUT2D eigenvalue weighted by Gasteiger charge is -2.50. The van der Waals surface area contributed by atoms with Gasteiger partial charge in [0.05, 0.1) is 11.7 Å². The monoisotopic (exact) mass is 791 g/mol. The molecule has 0 radical (unpaired) electrons. The zero-order chi connectivity index (χ0) is 38.8. The largest absolute Gasteiger partial charge is 0.543 e. The summed E-state index contributed by atoms with van der Waals surface area (Å²) in [6, 6.07) is 5.95. The van der Waals surface area contributed by atoms with E-state index in [1.54, 1.807) is 34.0 Å². The smallest absolute Gasteiger partial charge is 0.290 e. The number of nitrogens with one attached hydrogen (secondary N) is 2. The van der Waals surface area contributed by atoms with Gasteiger partial charge in [0.25, 0.3) is 17.7 Å². The van der Waals surface area contributed by atoms with E-state index in [0.29, 0.717) is 18.5 Å². The number of thioether (sulfide) groups is 1. The molecule has 0 bridgehead atoms. The van der Waals surface area contributed by atoms with Crippen molar-refractivity contribution < 1.29 is 48.0 Å². The van der Waals surface area contributed by atoms with E-state index in [1.165, 1.54) is 23.9 Å². The number of carbonyl (C=O) groups excluding carboxylic acids is 5. The number of amides is 4. The fourth-order valence-electron chi connectivity index (χ4n) is 6.62. The van der Waals surface area contributed by atoms with E-state index in [-0.39, 0.29) is 64.5 Å². The fourth-order valence-corrected chi connectivity index (χ4v) is 8.36. The van der Waals surface area contributed by atoms with Crippen molar-refractivity contribution in [1.82, 2.24) is 24.5 Å². The molecule has 7 rings (SSSR count). The number of aliphatic carboxylic acids is 1. The second-order valence-electron chi connectivity index (χ2n) is 13.2. The van der Waals surface area contributed by atoms with Crippen LogP contribution in [0.3, 0.4) is 0 Å². The Balaban J connectivity index is 0.977. The Morgan fingerprint density at radius 3 is 2.64 bits per heavy atom. The summed E-state index contributed by atoms with van der Waals surface area (Å²) in [5, 5.41) is 30.3. The third-order valence-corrected chi connectivity index (χ3v) is 11.2. The van der Waals surface area contributed by atoms with Gasteiger partial charge in [0.15, 0.2) is 29.1 Å². The normalized spacial score (nSPS) is 20.8. The molecular formula is C35H34FN9O8S2. The minimum Gasteiger partial charge on any atom is -0.543 e. The molecule has 2 saturated heterocycles. The van der Waals surface area contributed by atoms with Crippen molar-refractivity contribution >= 4 is 69.4 Å². The predicted octanol–water partition coefficient (Wildman–Crippen LogP) is 0.317. The highest BCUT2D eigenvalue weighted by Gasteiger charge is 2.53. The lowest BCUT2D eigenvalue weighted by Crippen LogP contribution is -2.71. The van der Waals surface area contributed by atoms with Crippen LogP contribution in [0.15, 0.2) is 70.8 Å². The quantitative estimate of drug-likeness (QED) is 0.0485. The molecule has 0 unspecified atom stereocenters. The van der Waals surface area contributed by atoms with Gasteiger partial charge in [-0.2, -0.15) is 13.9 Å². The number of nitrogens with zero attached hydrogens (tertiary/aromatic N) is 6. The van der Waals surface area contributed by atoms with Crippen LogP contribution in [0.4, 0.5) is 15.2 Å². The number of phenols is 1. The molecule has 3 fully saturated rings. The van der Waals surface area contributed by atoms with Crippen LogP contribution in [-0.4, -0.2) is 89.4 Å². The number of aromatic hydroxyl groups is 1. The van der Waals surface area contributed by atoms with Crippen molar-refractivity contribution in [3.8, 4) is 5.75 Å². The first-order chi connectivity index (χ1) is 26.4. The highest BCUT2D eigenvalue weighted by Crippen LogP contribution is 2.41. The molecule has 3 aromatic rings. The molecule has 286 valence electrons. The summed E-state index contributed by atoms with van der Waals surface area (Å²) in [5.41, 5.74) is 6.71. The molecule has 20 heteroatoms. The van der Waals surface area contributed by atoms with Crippen LogP contribution >= 0.6 is 23.3 Å². The van der Waals surface area contributed by atoms with Gasteiger partial charge >= 0.3 is 0 Å². The molecule has 5 N–H and O–H groups in total. The average Bonchev–Trinajstić information content (AvgIpc) is 3.92. The summed E-state index contributed by atoms with van der Waals surface area (Å²) in [4.78, 5) is 77.3. The molecule has 1 aromatic carbocycles. The van der Waals surface area contributed by atoms with E-state index >= 15 is 0 Å². The standard InChI is InChI=1S/C35H34FN9O8S2/c36-23-14-21(5-6-24(23)46)38-25(47)16-43-10-7-18(8-11-43)15-44-12-9-19(31(44)49)13-20-17-54-33-27(32(50)45(33)28(20)34(51)52)39-30(48)26(29-40-35(37)55-42-29)41-53-22-3-1-2-4-22/h5-8,10-11,13-14,22,27,33H,1-4,9,12,15-17H2,(H5-,37,38,39,40,41,42,46,47,48,51,52)/b19-13+/t27-,33-/m1/s1. The minimum absolute atomic E-state index is 0.0553. The number of benzene rings is 1. The lowest BCUT2D eigenvalue weighted by atomic mass is 10.0. The van der Waals surface area contributed by atoms with Crippen LogP contribution < -0.4 is 26.0 Å². The number of aromatic nitrogens is 3. The van der Waals surface area contributed by atoms with Crippen LogP contribution in [-0.2, 0) is 41.9 Å². The molecule has 1 saturated carbocycles. The summed E-state index contributed by atoms with van der Waals surface area (Å²) in [5.74, 6) is -5.05. The molecule has 55 heavy (non-hydrogen) atoms. The average molecular weight is 792 g/mol. The Kier molecular flexibility index (Phi) is 10.8. The maximum absolute atomic E-state index is 13.6. The van der Waals surface area contributed by atoms with Crippen LogP contribution in [0.2, 0.25) is 0 Å². The number of carbonyl (C=O) groups is 5. The number of hydrogen-bond donors (Lipinski definition) is 4. The number of carboxylic acids is 1. The lowest BCUT2D eigenvalue weighted by molar-refractivity contribution is -0.684. The van der Waals surface area contributed by atoms with Gasteiger partial charge in [-0.1, -0.05) is 5.16 Å². The van der Waals surface area contributed by atoms with Gasteiger partial charge in [0.1, 0.15) is 17.5 Å². The number of nitrogens with two attached hydrogens (primary N) is 1. The Labute approximate surface area is 320 Å². The van der Waals surface area contributed by atoms with Crippen molar-refractivity contribution in [2.45, 2.75) is 62.7 Å². The molecule has 2 aromatic heterocycles. The number of β-lactam (4-membered cyclic amide) rings is 1. The first-order valence-corrected chi connectivity index (χ1v) is 19.1. The highest BCUT2D eigenvalue weighted by molar-refractivity contribution is 8.00. The van der Waals surface area contributed by atoms with Crippen molar-refractivity contribution in [3.05, 3.63) is 82.8 Å². The summed E-state index contributed by atoms with van der Waals surface area (Å²) in [6.45, 7) is 0.564. The zero-order valence-electron chi connectivity index (χ0n) is 29.0. The summed E-state index contributed by atoms with van der Waals surface area (Å²) < 4.78 is 19.3. The topological polar surface area (TPSA) is 236 Å². The number of fused-ring (bicyclic) bond motifs is 1. The van der Waals surface area contributed by atoms with Crippen molar-refractivity contribution in [2.24, 2.45) is 5.16 Å². The van der Waals surface area contributed by atoms with Crippen LogP contribution in [0.25, 0.3) is 0 Å². The number of rotatable bonds is 12. The number of nitrogen functional groups attached to an aromatic ring is 1. The molecule has 17 nitrogen and oxygen atoms in total. The van der Waals surface area contributed by atoms with Gasteiger partial charge in [-0.25, -0.2) is 4.39 Å². The number of likely N-dealkylation sites (tertiary alicyclic amines) is 1. The molecule has 0 spiro atoms. The number of oxime groups is 1. The molecule has 3 aliphatic heterocycles. The maximum atomic E-state index is 13.6. The molecular weight excluding hydrogens is 758 g/mol. The van der Waals surface area contributed by atoms with Gasteiger partial charge < -0.3 is 41.1 Å². The minimum atomic E-state index is -1.59. The molecule has 4 aliphatic rings. The van der Waals surface area contributed by atoms with Crippen molar-refractivity contribution in [1.29, 1.82) is 0 Å². The van der Waals surface area contributed by atoms with Crippen LogP contribution in [0.1, 0.15) is 43.5 Å². The number of carboxylic acid groups (broad SMARTS) is 1. The Bertz CT molecular complexity index is 2150. The third-order valence-electron chi connectivity index (χ3n) is 9.39. The summed E-state index contributed by atoms with van der Waals surface area (Å²) in [6.07, 6.45) is 8.53. The van der Waals surface area contributed by atoms with E-state index in [1.807, 2.05) is 0 Å². The SMILES string of the molecule is Nc1nc(/C(=N/OC2CCCC2)C(=O)N[C@@H]2C(=O)N3C(C(=O)[O-])=C(/C=C4\CCN(Cc5cc[n+](CC(=O)Nc6ccc(O)c(F)c6)cc5)C4=O)CS[C@H]23)ns1. The van der Waals surface area contributed by atoms with E-state index in [9.17, 15) is 38.6 Å². The van der Waals surface area contributed by atoms with E-state index in [0.717, 1.165) is 59.8 Å². The highest BCUT2D eigenvalue weighted by atomic mass is 32.2. The maximum Gasteiger partial charge on any atom is 0.290 e. The fraction of sp³-hybridized carbons (Fsp3) is 0.343. The molecule has 1 aliphatic carbocycles. The number of anilines is 2. The number of pyridine rings is 1. The Morgan fingerprint density at radius 1 is 1.18 bits per heavy atom. The molecule has 5 heterocycles. The van der Waals surface area contributed by atoms with Crippen molar-refractivity contribution in [3.63, 3.8) is 0 Å². The third kappa shape index (κ3) is 8.14. The Hall–Kier alpha value is -5.89. The van der Waals surface area contributed by atoms with Gasteiger partial charge in [-0.3, -0.25) is 24.1 Å².